The first kappa shape index (κ1) is 26.4. The lowest BCUT2D eigenvalue weighted by molar-refractivity contribution is 0.0692. The Labute approximate surface area is 196 Å². The van der Waals surface area contributed by atoms with Crippen LogP contribution < -0.4 is 0 Å². The summed E-state index contributed by atoms with van der Waals surface area (Å²) in [5, 5.41) is 0. The molecule has 0 saturated heterocycles. The number of unbranched alkanes of at least 4 members (excludes halogenated alkanes) is 8. The summed E-state index contributed by atoms with van der Waals surface area (Å²) in [6, 6.07) is 0. The van der Waals surface area contributed by atoms with Gasteiger partial charge in [-0.05, 0) is 102 Å². The molecule has 4 fully saturated rings. The van der Waals surface area contributed by atoms with Crippen LogP contribution in [0.25, 0.3) is 0 Å². The standard InChI is InChI=1S/C26H48NO4P/c1-27(2)14-12-16-31-32(28,29)30-15-11-9-7-5-3-4-6-8-10-13-26-24-18-22-17-23(20-24)21-25(26)19-22/h13,22-25H,3-12,14-21H2,1-2H3,(H,28,29). The van der Waals surface area contributed by atoms with Crippen molar-refractivity contribution < 1.29 is 18.5 Å². The molecule has 4 saturated carbocycles. The van der Waals surface area contributed by atoms with Crippen molar-refractivity contribution in [2.45, 2.75) is 96.3 Å². The third-order valence-electron chi connectivity index (χ3n) is 7.82. The predicted molar refractivity (Wildman–Crippen MR) is 132 cm³/mol. The maximum absolute atomic E-state index is 11.8. The van der Waals surface area contributed by atoms with Crippen molar-refractivity contribution in [3.63, 3.8) is 0 Å². The average Bonchev–Trinajstić information content (AvgIpc) is 2.73. The molecule has 4 rings (SSSR count). The molecule has 0 aromatic rings. The predicted octanol–water partition coefficient (Wildman–Crippen LogP) is 6.97. The SMILES string of the molecule is CN(C)CCCOP(=O)(O)OCCCCCCCCCCC=C1C2CC3CC(C2)CC1C3. The number of hydrogen-bond acceptors (Lipinski definition) is 4. The van der Waals surface area contributed by atoms with E-state index in [0.717, 1.165) is 49.5 Å². The molecule has 32 heavy (non-hydrogen) atoms. The molecule has 4 aliphatic rings. The molecule has 0 aromatic heterocycles. The second-order valence-corrected chi connectivity index (χ2v) is 12.4. The van der Waals surface area contributed by atoms with Crippen LogP contribution in [0.5, 0.6) is 0 Å². The van der Waals surface area contributed by atoms with E-state index >= 15 is 0 Å². The Morgan fingerprint density at radius 2 is 1.31 bits per heavy atom. The van der Waals surface area contributed by atoms with Crippen LogP contribution in [0.2, 0.25) is 0 Å². The van der Waals surface area contributed by atoms with Crippen LogP contribution in [-0.4, -0.2) is 43.6 Å². The Morgan fingerprint density at radius 1 is 0.812 bits per heavy atom. The molecule has 0 radical (unpaired) electrons. The maximum atomic E-state index is 11.8. The summed E-state index contributed by atoms with van der Waals surface area (Å²) in [6.07, 6.45) is 21.9. The summed E-state index contributed by atoms with van der Waals surface area (Å²) in [7, 11) is 0.0664. The number of phosphoric acid groups is 1. The van der Waals surface area contributed by atoms with Gasteiger partial charge in [0.15, 0.2) is 0 Å². The van der Waals surface area contributed by atoms with Gasteiger partial charge in [-0.25, -0.2) is 4.57 Å². The molecule has 186 valence electrons. The zero-order valence-electron chi connectivity index (χ0n) is 20.7. The highest BCUT2D eigenvalue weighted by molar-refractivity contribution is 7.47. The highest BCUT2D eigenvalue weighted by Crippen LogP contribution is 2.56. The smallest absolute Gasteiger partial charge is 0.309 e. The van der Waals surface area contributed by atoms with E-state index < -0.39 is 7.82 Å². The van der Waals surface area contributed by atoms with Crippen LogP contribution in [-0.2, 0) is 13.6 Å². The quantitative estimate of drug-likeness (QED) is 0.142. The lowest BCUT2D eigenvalue weighted by atomic mass is 9.54. The molecule has 0 aromatic carbocycles. The Morgan fingerprint density at radius 3 is 1.88 bits per heavy atom. The van der Waals surface area contributed by atoms with Gasteiger partial charge in [0.2, 0.25) is 0 Å². The molecule has 4 aliphatic carbocycles. The van der Waals surface area contributed by atoms with Crippen LogP contribution >= 0.6 is 7.82 Å². The third kappa shape index (κ3) is 9.22. The normalized spacial score (nSPS) is 28.4. The van der Waals surface area contributed by atoms with Gasteiger partial charge in [0, 0.05) is 0 Å². The molecule has 5 nitrogen and oxygen atoms in total. The van der Waals surface area contributed by atoms with Crippen molar-refractivity contribution in [2.24, 2.45) is 23.7 Å². The minimum absolute atomic E-state index is 0.255. The van der Waals surface area contributed by atoms with Crippen molar-refractivity contribution >= 4 is 7.82 Å². The van der Waals surface area contributed by atoms with Gasteiger partial charge in [-0.3, -0.25) is 9.05 Å². The molecule has 4 bridgehead atoms. The van der Waals surface area contributed by atoms with Gasteiger partial charge < -0.3 is 9.79 Å². The Balaban J connectivity index is 1.10. The summed E-state index contributed by atoms with van der Waals surface area (Å²) in [4.78, 5) is 11.7. The lowest BCUT2D eigenvalue weighted by Gasteiger charge is -2.51. The molecular formula is C26H48NO4P. The minimum atomic E-state index is -3.87. The molecule has 0 heterocycles. The molecular weight excluding hydrogens is 421 g/mol. The van der Waals surface area contributed by atoms with Gasteiger partial charge in [-0.15, -0.1) is 0 Å². The second-order valence-electron chi connectivity index (χ2n) is 10.9. The van der Waals surface area contributed by atoms with Crippen LogP contribution in [0, 0.1) is 23.7 Å². The summed E-state index contributed by atoms with van der Waals surface area (Å²) in [5.41, 5.74) is 1.87. The van der Waals surface area contributed by atoms with Gasteiger partial charge in [-0.1, -0.05) is 50.2 Å². The number of rotatable bonds is 17. The monoisotopic (exact) mass is 469 g/mol. The van der Waals surface area contributed by atoms with E-state index in [9.17, 15) is 9.46 Å². The zero-order chi connectivity index (χ0) is 22.8. The topological polar surface area (TPSA) is 59.0 Å². The lowest BCUT2D eigenvalue weighted by Crippen LogP contribution is -2.40. The molecule has 0 amide bonds. The van der Waals surface area contributed by atoms with Crippen LogP contribution in [0.3, 0.4) is 0 Å². The molecule has 0 spiro atoms. The van der Waals surface area contributed by atoms with E-state index in [0.29, 0.717) is 6.61 Å². The first-order valence-corrected chi connectivity index (χ1v) is 14.9. The van der Waals surface area contributed by atoms with Crippen LogP contribution in [0.15, 0.2) is 11.6 Å². The van der Waals surface area contributed by atoms with E-state index in [1.54, 1.807) is 6.42 Å². The molecule has 6 heteroatoms. The summed E-state index contributed by atoms with van der Waals surface area (Å²) < 4.78 is 21.8. The highest BCUT2D eigenvalue weighted by atomic mass is 31.2. The minimum Gasteiger partial charge on any atom is -0.309 e. The van der Waals surface area contributed by atoms with Crippen molar-refractivity contribution in [2.75, 3.05) is 33.9 Å². The fourth-order valence-electron chi connectivity index (χ4n) is 6.42. The summed E-state index contributed by atoms with van der Waals surface area (Å²) in [5.74, 6) is 4.07. The number of hydrogen-bond donors (Lipinski definition) is 1. The van der Waals surface area contributed by atoms with Crippen molar-refractivity contribution in [1.82, 2.24) is 4.90 Å². The first-order chi connectivity index (χ1) is 15.4. The van der Waals surface area contributed by atoms with E-state index in [4.69, 9.17) is 9.05 Å². The van der Waals surface area contributed by atoms with E-state index in [-0.39, 0.29) is 6.61 Å². The Kier molecular flexibility index (Phi) is 11.3. The molecule has 0 aliphatic heterocycles. The van der Waals surface area contributed by atoms with E-state index in [2.05, 4.69) is 6.08 Å². The third-order valence-corrected chi connectivity index (χ3v) is 8.84. The van der Waals surface area contributed by atoms with Gasteiger partial charge in [0.05, 0.1) is 13.2 Å². The fraction of sp³-hybridized carbons (Fsp3) is 0.923. The summed E-state index contributed by atoms with van der Waals surface area (Å²) >= 11 is 0. The maximum Gasteiger partial charge on any atom is 0.472 e. The van der Waals surface area contributed by atoms with Gasteiger partial charge in [0.25, 0.3) is 0 Å². The fourth-order valence-corrected chi connectivity index (χ4v) is 7.21. The van der Waals surface area contributed by atoms with Crippen molar-refractivity contribution in [3.05, 3.63) is 11.6 Å². The van der Waals surface area contributed by atoms with E-state index in [1.165, 1.54) is 70.6 Å². The Hall–Kier alpha value is -0.190. The summed E-state index contributed by atoms with van der Waals surface area (Å²) in [6.45, 7) is 1.39. The number of nitrogens with zero attached hydrogens (tertiary/aromatic N) is 1. The number of phosphoric ester groups is 1. The second kappa shape index (κ2) is 13.6. The molecule has 1 atom stereocenters. The van der Waals surface area contributed by atoms with Crippen LogP contribution in [0.1, 0.15) is 96.3 Å². The van der Waals surface area contributed by atoms with Crippen LogP contribution in [0.4, 0.5) is 0 Å². The average molecular weight is 470 g/mol. The zero-order valence-corrected chi connectivity index (χ0v) is 21.6. The van der Waals surface area contributed by atoms with Crippen molar-refractivity contribution in [3.8, 4) is 0 Å². The molecule has 1 N–H and O–H groups in total. The van der Waals surface area contributed by atoms with Crippen molar-refractivity contribution in [1.29, 1.82) is 0 Å². The highest BCUT2D eigenvalue weighted by Gasteiger charge is 2.44. The molecule has 1 unspecified atom stereocenters. The largest absolute Gasteiger partial charge is 0.472 e. The number of allylic oxidation sites excluding steroid dienone is 2. The van der Waals surface area contributed by atoms with E-state index in [1.807, 2.05) is 24.6 Å². The Bertz CT molecular complexity index is 591. The van der Waals surface area contributed by atoms with Gasteiger partial charge >= 0.3 is 7.82 Å². The first-order valence-electron chi connectivity index (χ1n) is 13.4. The van der Waals surface area contributed by atoms with Gasteiger partial charge in [0.1, 0.15) is 0 Å². The van der Waals surface area contributed by atoms with Gasteiger partial charge in [-0.2, -0.15) is 0 Å².